The zero-order valence-electron chi connectivity index (χ0n) is 11.5. The molecule has 0 bridgehead atoms. The maximum atomic E-state index is 6.08. The predicted octanol–water partition coefficient (Wildman–Crippen LogP) is 3.27. The van der Waals surface area contributed by atoms with E-state index < -0.39 is 0 Å². The first-order valence-corrected chi connectivity index (χ1v) is 6.76. The number of nitrogens with zero attached hydrogens (tertiary/aromatic N) is 3. The number of hydrogen-bond donors (Lipinski definition) is 1. The number of anilines is 1. The molecule has 0 unspecified atom stereocenters. The fourth-order valence-corrected chi connectivity index (χ4v) is 2.15. The lowest BCUT2D eigenvalue weighted by Gasteiger charge is -2.33. The summed E-state index contributed by atoms with van der Waals surface area (Å²) < 4.78 is 1.97. The number of likely N-dealkylation sites (N-methyl/N-ethyl adjacent to an activating group) is 1. The molecule has 0 amide bonds. The van der Waals surface area contributed by atoms with Gasteiger partial charge in [-0.3, -0.25) is 0 Å². The first-order chi connectivity index (χ1) is 8.72. The molecule has 2 rings (SSSR count). The number of imidazole rings is 1. The molecule has 1 heterocycles. The second-order valence-corrected chi connectivity index (χ2v) is 6.33. The highest BCUT2D eigenvalue weighted by atomic mass is 35.5. The summed E-state index contributed by atoms with van der Waals surface area (Å²) in [6.45, 7) is 5.02. The van der Waals surface area contributed by atoms with Gasteiger partial charge in [-0.1, -0.05) is 23.2 Å². The molecule has 0 saturated carbocycles. The number of benzene rings is 1. The van der Waals surface area contributed by atoms with E-state index in [0.717, 1.165) is 17.6 Å². The fraction of sp³-hybridized carbons (Fsp3) is 0.462. The van der Waals surface area contributed by atoms with Crippen molar-refractivity contribution in [2.75, 3.05) is 19.8 Å². The van der Waals surface area contributed by atoms with Crippen molar-refractivity contribution >= 4 is 40.2 Å². The predicted molar refractivity (Wildman–Crippen MR) is 81.9 cm³/mol. The van der Waals surface area contributed by atoms with Crippen LogP contribution >= 0.6 is 23.2 Å². The van der Waals surface area contributed by atoms with Gasteiger partial charge >= 0.3 is 0 Å². The Morgan fingerprint density at radius 1 is 1.26 bits per heavy atom. The van der Waals surface area contributed by atoms with Crippen LogP contribution in [0, 0.1) is 0 Å². The molecule has 1 aromatic heterocycles. The van der Waals surface area contributed by atoms with E-state index in [1.807, 2.05) is 24.7 Å². The molecule has 1 aromatic carbocycles. The third-order valence-electron chi connectivity index (χ3n) is 3.58. The minimum absolute atomic E-state index is 0.0478. The number of hydrogen-bond acceptors (Lipinski definition) is 3. The van der Waals surface area contributed by atoms with Gasteiger partial charge in [-0.15, -0.1) is 0 Å². The molecule has 0 radical (unpaired) electrons. The van der Waals surface area contributed by atoms with Crippen LogP contribution in [0.25, 0.3) is 11.0 Å². The zero-order valence-corrected chi connectivity index (χ0v) is 13.0. The van der Waals surface area contributed by atoms with E-state index in [1.165, 1.54) is 0 Å². The highest BCUT2D eigenvalue weighted by Gasteiger charge is 2.23. The molecular weight excluding hydrogens is 283 g/mol. The smallest absolute Gasteiger partial charge is 0.201 e. The van der Waals surface area contributed by atoms with Crippen LogP contribution in [0.1, 0.15) is 13.8 Å². The second-order valence-electron chi connectivity index (χ2n) is 5.52. The minimum atomic E-state index is -0.0478. The summed E-state index contributed by atoms with van der Waals surface area (Å²) in [4.78, 5) is 6.49. The monoisotopic (exact) mass is 300 g/mol. The Kier molecular flexibility index (Phi) is 3.69. The molecule has 2 aromatic rings. The van der Waals surface area contributed by atoms with Gasteiger partial charge in [-0.05, 0) is 40.1 Å². The van der Waals surface area contributed by atoms with Crippen LogP contribution in [0.4, 0.5) is 5.95 Å². The quantitative estimate of drug-likeness (QED) is 0.946. The summed E-state index contributed by atoms with van der Waals surface area (Å²) >= 11 is 12.1. The van der Waals surface area contributed by atoms with Crippen LogP contribution in [-0.4, -0.2) is 34.1 Å². The second kappa shape index (κ2) is 4.85. The topological polar surface area (TPSA) is 47.1 Å². The van der Waals surface area contributed by atoms with E-state index in [-0.39, 0.29) is 5.54 Å². The van der Waals surface area contributed by atoms with Crippen molar-refractivity contribution in [3.05, 3.63) is 22.2 Å². The third kappa shape index (κ3) is 2.66. The van der Waals surface area contributed by atoms with Crippen molar-refractivity contribution in [3.63, 3.8) is 0 Å². The lowest BCUT2D eigenvalue weighted by atomic mass is 10.0. The number of aromatic nitrogens is 2. The molecule has 104 valence electrons. The first kappa shape index (κ1) is 14.4. The number of nitrogens with two attached hydrogens (primary N) is 1. The lowest BCUT2D eigenvalue weighted by Crippen LogP contribution is -2.42. The van der Waals surface area contributed by atoms with E-state index in [0.29, 0.717) is 16.0 Å². The largest absolute Gasteiger partial charge is 0.369 e. The normalized spacial score (nSPS) is 12.6. The molecule has 0 aliphatic rings. The highest BCUT2D eigenvalue weighted by Crippen LogP contribution is 2.30. The number of fused-ring (bicyclic) bond motifs is 1. The molecule has 0 atom stereocenters. The van der Waals surface area contributed by atoms with Crippen molar-refractivity contribution in [2.45, 2.75) is 25.9 Å². The van der Waals surface area contributed by atoms with Crippen LogP contribution in [0.15, 0.2) is 12.1 Å². The van der Waals surface area contributed by atoms with E-state index in [2.05, 4.69) is 23.7 Å². The molecule has 2 N–H and O–H groups in total. The van der Waals surface area contributed by atoms with E-state index in [1.54, 1.807) is 6.07 Å². The van der Waals surface area contributed by atoms with Crippen molar-refractivity contribution in [3.8, 4) is 0 Å². The van der Waals surface area contributed by atoms with Gasteiger partial charge < -0.3 is 15.2 Å². The molecule has 0 aliphatic carbocycles. The van der Waals surface area contributed by atoms with Crippen LogP contribution < -0.4 is 5.73 Å². The van der Waals surface area contributed by atoms with Crippen LogP contribution in [-0.2, 0) is 6.54 Å². The Morgan fingerprint density at radius 3 is 2.42 bits per heavy atom. The van der Waals surface area contributed by atoms with Gasteiger partial charge in [0.1, 0.15) is 0 Å². The summed E-state index contributed by atoms with van der Waals surface area (Å²) in [6, 6.07) is 3.56. The van der Waals surface area contributed by atoms with Gasteiger partial charge in [0.05, 0.1) is 21.1 Å². The zero-order chi connectivity index (χ0) is 14.4. The number of halogens is 2. The molecule has 0 spiro atoms. The van der Waals surface area contributed by atoms with Gasteiger partial charge in [0, 0.05) is 12.1 Å². The highest BCUT2D eigenvalue weighted by molar-refractivity contribution is 6.42. The lowest BCUT2D eigenvalue weighted by molar-refractivity contribution is 0.172. The SMILES string of the molecule is CN(C)C(C)(C)Cn1c(N)nc2cc(Cl)c(Cl)cc21. The standard InChI is InChI=1S/C13H18Cl2N4/c1-13(2,18(3)4)7-19-11-6-9(15)8(14)5-10(11)17-12(19)16/h5-6H,7H2,1-4H3,(H2,16,17). The van der Waals surface area contributed by atoms with Gasteiger partial charge in [-0.25, -0.2) is 4.98 Å². The van der Waals surface area contributed by atoms with Crippen molar-refractivity contribution < 1.29 is 0 Å². The summed E-state index contributed by atoms with van der Waals surface area (Å²) in [7, 11) is 4.08. The Morgan fingerprint density at radius 2 is 1.84 bits per heavy atom. The summed E-state index contributed by atoms with van der Waals surface area (Å²) in [5.41, 5.74) is 7.63. The average Bonchev–Trinajstić information content (AvgIpc) is 2.56. The van der Waals surface area contributed by atoms with Crippen molar-refractivity contribution in [1.82, 2.24) is 14.5 Å². The third-order valence-corrected chi connectivity index (χ3v) is 4.30. The van der Waals surface area contributed by atoms with Crippen LogP contribution in [0.5, 0.6) is 0 Å². The van der Waals surface area contributed by atoms with Crippen LogP contribution in [0.2, 0.25) is 10.0 Å². The van der Waals surface area contributed by atoms with Crippen LogP contribution in [0.3, 0.4) is 0 Å². The number of rotatable bonds is 3. The fourth-order valence-electron chi connectivity index (χ4n) is 1.83. The van der Waals surface area contributed by atoms with Gasteiger partial charge in [-0.2, -0.15) is 0 Å². The minimum Gasteiger partial charge on any atom is -0.369 e. The first-order valence-electron chi connectivity index (χ1n) is 6.00. The summed E-state index contributed by atoms with van der Waals surface area (Å²) in [5.74, 6) is 0.475. The summed E-state index contributed by atoms with van der Waals surface area (Å²) in [6.07, 6.45) is 0. The molecule has 0 fully saturated rings. The van der Waals surface area contributed by atoms with E-state index in [4.69, 9.17) is 28.9 Å². The Bertz CT molecular complexity index is 617. The molecule has 0 aliphatic heterocycles. The van der Waals surface area contributed by atoms with E-state index in [9.17, 15) is 0 Å². The Balaban J connectivity index is 2.54. The van der Waals surface area contributed by atoms with Gasteiger partial charge in [0.25, 0.3) is 0 Å². The molecule has 19 heavy (non-hydrogen) atoms. The Hall–Kier alpha value is -0.970. The maximum Gasteiger partial charge on any atom is 0.201 e. The molecule has 4 nitrogen and oxygen atoms in total. The van der Waals surface area contributed by atoms with Crippen molar-refractivity contribution in [1.29, 1.82) is 0 Å². The van der Waals surface area contributed by atoms with Crippen molar-refractivity contribution in [2.24, 2.45) is 0 Å². The molecule has 6 heteroatoms. The Labute approximate surface area is 123 Å². The molecule has 0 saturated heterocycles. The number of nitrogen functional groups attached to an aromatic ring is 1. The maximum absolute atomic E-state index is 6.08. The molecular formula is C13H18Cl2N4. The average molecular weight is 301 g/mol. The van der Waals surface area contributed by atoms with Gasteiger partial charge in [0.2, 0.25) is 5.95 Å². The van der Waals surface area contributed by atoms with E-state index >= 15 is 0 Å². The van der Waals surface area contributed by atoms with Gasteiger partial charge in [0.15, 0.2) is 0 Å². The summed E-state index contributed by atoms with van der Waals surface area (Å²) in [5, 5.41) is 1.00.